The molecule has 0 saturated carbocycles. The van der Waals surface area contributed by atoms with Crippen LogP contribution in [0.25, 0.3) is 0 Å². The van der Waals surface area contributed by atoms with Crippen molar-refractivity contribution in [2.45, 2.75) is 43.2 Å². The van der Waals surface area contributed by atoms with Gasteiger partial charge in [-0.1, -0.05) is 0 Å². The molecule has 1 N–H and O–H groups in total. The van der Waals surface area contributed by atoms with Gasteiger partial charge >= 0.3 is 29.9 Å². The summed E-state index contributed by atoms with van der Waals surface area (Å²) in [5, 5.41) is 8.58. The quantitative estimate of drug-likeness (QED) is 0.377. The van der Waals surface area contributed by atoms with Crippen LogP contribution in [0.1, 0.15) is 19.3 Å². The van der Waals surface area contributed by atoms with Crippen LogP contribution in [0.5, 0.6) is 0 Å². The Morgan fingerprint density at radius 2 is 1.33 bits per heavy atom. The molecule has 0 aliphatic carbocycles. The lowest BCUT2D eigenvalue weighted by Crippen LogP contribution is -2.60. The average molecular weight is 378 g/mol. The lowest BCUT2D eigenvalue weighted by molar-refractivity contribution is -0.883. The minimum atomic E-state index is -6.87. The summed E-state index contributed by atoms with van der Waals surface area (Å²) in [5.74, 6) is -20.2. The zero-order valence-electron chi connectivity index (χ0n) is 12.7. The summed E-state index contributed by atoms with van der Waals surface area (Å²) in [5.41, 5.74) is 0. The first-order valence-corrected chi connectivity index (χ1v) is 6.61. The van der Waals surface area contributed by atoms with Crippen molar-refractivity contribution >= 4 is 5.97 Å². The van der Waals surface area contributed by atoms with Crippen LogP contribution < -0.4 is 0 Å². The molecule has 12 heteroatoms. The standard InChI is InChI=1S/C12H16F9NO2/c1-22(2,7-8(23)24)6-4-3-5-9(13,14)10(15,16)11(17,18)12(19,20)21/h3-7H2,1-2H3/p+1. The van der Waals surface area contributed by atoms with Gasteiger partial charge in [0.05, 0.1) is 20.6 Å². The summed E-state index contributed by atoms with van der Waals surface area (Å²) in [6.45, 7) is -0.470. The van der Waals surface area contributed by atoms with Gasteiger partial charge in [-0.2, -0.15) is 39.5 Å². The molecule has 0 amide bonds. The first kappa shape index (κ1) is 22.8. The van der Waals surface area contributed by atoms with E-state index in [1.54, 1.807) is 0 Å². The number of quaternary nitrogens is 1. The molecule has 0 saturated heterocycles. The Morgan fingerprint density at radius 3 is 1.71 bits per heavy atom. The first-order valence-electron chi connectivity index (χ1n) is 6.61. The molecule has 0 bridgehead atoms. The van der Waals surface area contributed by atoms with Crippen LogP contribution in [-0.2, 0) is 4.79 Å². The Kier molecular flexibility index (Phi) is 6.62. The average Bonchev–Trinajstić information content (AvgIpc) is 2.31. The van der Waals surface area contributed by atoms with E-state index in [-0.39, 0.29) is 17.4 Å². The van der Waals surface area contributed by atoms with Crippen molar-refractivity contribution in [3.05, 3.63) is 0 Å². The number of rotatable bonds is 9. The van der Waals surface area contributed by atoms with Gasteiger partial charge in [0.25, 0.3) is 0 Å². The van der Waals surface area contributed by atoms with Crippen LogP contribution in [0, 0.1) is 0 Å². The molecule has 0 rings (SSSR count). The van der Waals surface area contributed by atoms with Crippen LogP contribution >= 0.6 is 0 Å². The Bertz CT molecular complexity index is 446. The molecule has 0 aromatic rings. The van der Waals surface area contributed by atoms with Crippen molar-refractivity contribution in [1.82, 2.24) is 0 Å². The van der Waals surface area contributed by atoms with Crippen molar-refractivity contribution in [2.24, 2.45) is 0 Å². The molecule has 24 heavy (non-hydrogen) atoms. The zero-order chi connectivity index (χ0) is 19.6. The maximum absolute atomic E-state index is 13.2. The number of carboxylic acids is 1. The third kappa shape index (κ3) is 5.15. The highest BCUT2D eigenvalue weighted by Gasteiger charge is 2.81. The van der Waals surface area contributed by atoms with Crippen LogP contribution in [0.15, 0.2) is 0 Å². The zero-order valence-corrected chi connectivity index (χ0v) is 12.7. The largest absolute Gasteiger partial charge is 0.477 e. The van der Waals surface area contributed by atoms with Crippen molar-refractivity contribution in [1.29, 1.82) is 0 Å². The number of nitrogens with zero attached hydrogens (tertiary/aromatic N) is 1. The highest BCUT2D eigenvalue weighted by molar-refractivity contribution is 5.67. The molecule has 0 aliphatic heterocycles. The van der Waals surface area contributed by atoms with E-state index in [9.17, 15) is 44.3 Å². The van der Waals surface area contributed by atoms with Gasteiger partial charge in [-0.05, 0) is 12.8 Å². The number of alkyl halides is 9. The summed E-state index contributed by atoms with van der Waals surface area (Å²) in [4.78, 5) is 10.5. The molecule has 0 atom stereocenters. The number of carbonyl (C=O) groups is 1. The lowest BCUT2D eigenvalue weighted by atomic mass is 9.98. The third-order valence-electron chi connectivity index (χ3n) is 3.28. The number of aliphatic carboxylic acids is 1. The minimum absolute atomic E-state index is 0.0659. The Labute approximate surface area is 131 Å². The molecule has 144 valence electrons. The second-order valence-corrected chi connectivity index (χ2v) is 6.02. The third-order valence-corrected chi connectivity index (χ3v) is 3.28. The number of unbranched alkanes of at least 4 members (excludes halogenated alkanes) is 1. The Hall–Kier alpha value is -1.20. The SMILES string of the molecule is C[N+](C)(CCCCC(F)(F)C(F)(F)C(F)(F)C(F)(F)F)CC(=O)O. The number of hydrogen-bond acceptors (Lipinski definition) is 1. The van der Waals surface area contributed by atoms with E-state index < -0.39 is 49.3 Å². The second-order valence-electron chi connectivity index (χ2n) is 6.02. The van der Waals surface area contributed by atoms with Crippen LogP contribution in [-0.4, -0.2) is 66.7 Å². The van der Waals surface area contributed by atoms with Gasteiger partial charge in [0.1, 0.15) is 0 Å². The van der Waals surface area contributed by atoms with E-state index in [1.165, 1.54) is 14.1 Å². The van der Waals surface area contributed by atoms with Crippen molar-refractivity contribution in [3.63, 3.8) is 0 Å². The molecule has 0 unspecified atom stereocenters. The smallest absolute Gasteiger partial charge is 0.460 e. The summed E-state index contributed by atoms with van der Waals surface area (Å²) >= 11 is 0. The number of halogens is 9. The van der Waals surface area contributed by atoms with Gasteiger partial charge in [-0.3, -0.25) is 0 Å². The molecule has 0 aromatic heterocycles. The summed E-state index contributed by atoms with van der Waals surface area (Å²) < 4.78 is 113. The van der Waals surface area contributed by atoms with Gasteiger partial charge in [-0.15, -0.1) is 0 Å². The minimum Gasteiger partial charge on any atom is -0.477 e. The fourth-order valence-corrected chi connectivity index (χ4v) is 1.90. The van der Waals surface area contributed by atoms with Crippen LogP contribution in [0.3, 0.4) is 0 Å². The molecular weight excluding hydrogens is 361 g/mol. The lowest BCUT2D eigenvalue weighted by Gasteiger charge is -2.34. The second kappa shape index (κ2) is 6.96. The number of likely N-dealkylation sites (N-methyl/N-ethyl adjacent to an activating group) is 1. The summed E-state index contributed by atoms with van der Waals surface area (Å²) in [7, 11) is 2.80. The number of carboxylic acid groups (broad SMARTS) is 1. The van der Waals surface area contributed by atoms with E-state index in [1.807, 2.05) is 0 Å². The summed E-state index contributed by atoms with van der Waals surface area (Å²) in [6, 6.07) is 0. The molecule has 3 nitrogen and oxygen atoms in total. The normalized spacial score (nSPS) is 14.8. The van der Waals surface area contributed by atoms with E-state index in [4.69, 9.17) is 5.11 Å². The maximum Gasteiger partial charge on any atom is 0.460 e. The Morgan fingerprint density at radius 1 is 0.875 bits per heavy atom. The molecule has 0 aliphatic rings. The van der Waals surface area contributed by atoms with E-state index in [0.29, 0.717) is 0 Å². The maximum atomic E-state index is 13.2. The molecule has 0 spiro atoms. The monoisotopic (exact) mass is 378 g/mol. The van der Waals surface area contributed by atoms with Crippen molar-refractivity contribution in [2.75, 3.05) is 27.2 Å². The van der Waals surface area contributed by atoms with Crippen molar-refractivity contribution < 1.29 is 53.9 Å². The number of hydrogen-bond donors (Lipinski definition) is 1. The Balaban J connectivity index is 4.84. The molecule has 0 radical (unpaired) electrons. The van der Waals surface area contributed by atoms with Gasteiger partial charge in [-0.25, -0.2) is 4.79 Å². The predicted octanol–water partition coefficient (Wildman–Crippen LogP) is 3.79. The highest BCUT2D eigenvalue weighted by atomic mass is 19.4. The van der Waals surface area contributed by atoms with Crippen LogP contribution in [0.2, 0.25) is 0 Å². The van der Waals surface area contributed by atoms with Crippen molar-refractivity contribution in [3.8, 4) is 0 Å². The van der Waals surface area contributed by atoms with Gasteiger partial charge < -0.3 is 9.59 Å². The molecule has 0 fully saturated rings. The van der Waals surface area contributed by atoms with Crippen LogP contribution in [0.4, 0.5) is 39.5 Å². The molecule has 0 heterocycles. The fraction of sp³-hybridized carbons (Fsp3) is 0.917. The summed E-state index contributed by atoms with van der Waals surface area (Å²) in [6.07, 6.45) is -9.75. The van der Waals surface area contributed by atoms with Gasteiger partial charge in [0.2, 0.25) is 0 Å². The topological polar surface area (TPSA) is 37.3 Å². The van der Waals surface area contributed by atoms with E-state index >= 15 is 0 Å². The molecule has 0 aromatic carbocycles. The fourth-order valence-electron chi connectivity index (χ4n) is 1.90. The van der Waals surface area contributed by atoms with E-state index in [2.05, 4.69) is 0 Å². The molecular formula is C12H17F9NO2+. The van der Waals surface area contributed by atoms with Gasteiger partial charge in [0, 0.05) is 6.42 Å². The predicted molar refractivity (Wildman–Crippen MR) is 64.2 cm³/mol. The van der Waals surface area contributed by atoms with Gasteiger partial charge in [0.15, 0.2) is 6.54 Å². The first-order chi connectivity index (χ1) is 10.4. The highest BCUT2D eigenvalue weighted by Crippen LogP contribution is 2.54. The van der Waals surface area contributed by atoms with E-state index in [0.717, 1.165) is 0 Å².